The van der Waals surface area contributed by atoms with Crippen molar-refractivity contribution in [2.45, 2.75) is 32.2 Å². The third-order valence-electron chi connectivity index (χ3n) is 3.22. The van der Waals surface area contributed by atoms with E-state index >= 15 is 0 Å². The average molecular weight is 252 g/mol. The largest absolute Gasteiger partial charge is 0.341 e. The number of carbonyl (C=O) groups is 1. The first-order valence-corrected chi connectivity index (χ1v) is 6.07. The van der Waals surface area contributed by atoms with Gasteiger partial charge in [0.1, 0.15) is 18.4 Å². The van der Waals surface area contributed by atoms with Crippen molar-refractivity contribution in [2.24, 2.45) is 0 Å². The van der Waals surface area contributed by atoms with E-state index in [9.17, 15) is 14.9 Å². The Morgan fingerprint density at radius 3 is 2.67 bits per heavy atom. The van der Waals surface area contributed by atoms with Crippen molar-refractivity contribution in [2.75, 3.05) is 13.1 Å². The monoisotopic (exact) mass is 252 g/mol. The minimum absolute atomic E-state index is 0.0207. The fraction of sp³-hybridized carbons (Fsp3) is 0.636. The second-order valence-corrected chi connectivity index (χ2v) is 4.50. The second kappa shape index (κ2) is 5.16. The molecule has 0 spiro atoms. The van der Waals surface area contributed by atoms with Gasteiger partial charge in [0.15, 0.2) is 0 Å². The molecule has 7 heteroatoms. The van der Waals surface area contributed by atoms with Crippen molar-refractivity contribution in [3.63, 3.8) is 0 Å². The third kappa shape index (κ3) is 2.49. The smallest absolute Gasteiger partial charge is 0.307 e. The number of carbonyl (C=O) groups excluding carboxylic acids is 1. The van der Waals surface area contributed by atoms with Gasteiger partial charge in [0.25, 0.3) is 0 Å². The minimum atomic E-state index is -0.512. The quantitative estimate of drug-likeness (QED) is 0.601. The van der Waals surface area contributed by atoms with E-state index in [-0.39, 0.29) is 11.6 Å². The molecular formula is C11H16N4O3. The molecule has 0 bridgehead atoms. The molecule has 1 fully saturated rings. The van der Waals surface area contributed by atoms with Crippen LogP contribution in [-0.2, 0) is 4.79 Å². The van der Waals surface area contributed by atoms with Crippen molar-refractivity contribution in [3.8, 4) is 0 Å². The first-order chi connectivity index (χ1) is 8.59. The van der Waals surface area contributed by atoms with Crippen molar-refractivity contribution in [1.29, 1.82) is 0 Å². The maximum Gasteiger partial charge on any atom is 0.307 e. The molecule has 7 nitrogen and oxygen atoms in total. The van der Waals surface area contributed by atoms with Gasteiger partial charge in [-0.2, -0.15) is 5.10 Å². The van der Waals surface area contributed by atoms with Gasteiger partial charge in [0, 0.05) is 13.1 Å². The number of rotatable bonds is 3. The first kappa shape index (κ1) is 12.5. The van der Waals surface area contributed by atoms with E-state index in [1.807, 2.05) is 4.90 Å². The molecule has 1 aromatic heterocycles. The molecule has 1 saturated heterocycles. The van der Waals surface area contributed by atoms with Crippen LogP contribution in [0.5, 0.6) is 0 Å². The Morgan fingerprint density at radius 1 is 1.44 bits per heavy atom. The molecule has 0 radical (unpaired) electrons. The van der Waals surface area contributed by atoms with Crippen LogP contribution in [0.25, 0.3) is 0 Å². The third-order valence-corrected chi connectivity index (χ3v) is 3.22. The topological polar surface area (TPSA) is 81.3 Å². The van der Waals surface area contributed by atoms with Crippen LogP contribution in [0.2, 0.25) is 0 Å². The van der Waals surface area contributed by atoms with Gasteiger partial charge in [0.2, 0.25) is 5.91 Å². The maximum absolute atomic E-state index is 12.2. The van der Waals surface area contributed by atoms with E-state index in [0.717, 1.165) is 32.4 Å². The molecule has 18 heavy (non-hydrogen) atoms. The van der Waals surface area contributed by atoms with E-state index in [2.05, 4.69) is 5.10 Å². The van der Waals surface area contributed by atoms with Crippen LogP contribution in [0.3, 0.4) is 0 Å². The van der Waals surface area contributed by atoms with Gasteiger partial charge in [0.05, 0.1) is 4.92 Å². The van der Waals surface area contributed by atoms with Crippen molar-refractivity contribution in [1.82, 2.24) is 14.7 Å². The van der Waals surface area contributed by atoms with Crippen LogP contribution in [0.4, 0.5) is 5.69 Å². The molecule has 0 N–H and O–H groups in total. The highest BCUT2D eigenvalue weighted by Gasteiger charge is 2.25. The fourth-order valence-corrected chi connectivity index (χ4v) is 2.13. The van der Waals surface area contributed by atoms with Crippen molar-refractivity contribution >= 4 is 11.6 Å². The Bertz CT molecular complexity index is 451. The molecule has 0 aromatic carbocycles. The van der Waals surface area contributed by atoms with Crippen LogP contribution in [0.15, 0.2) is 12.4 Å². The number of hydrogen-bond acceptors (Lipinski definition) is 4. The molecule has 1 aliphatic heterocycles. The molecule has 0 unspecified atom stereocenters. The fourth-order valence-electron chi connectivity index (χ4n) is 2.13. The summed E-state index contributed by atoms with van der Waals surface area (Å²) < 4.78 is 1.36. The zero-order valence-electron chi connectivity index (χ0n) is 10.3. The van der Waals surface area contributed by atoms with Gasteiger partial charge in [-0.15, -0.1) is 0 Å². The van der Waals surface area contributed by atoms with Gasteiger partial charge in [-0.05, 0) is 26.2 Å². The molecule has 1 aliphatic rings. The number of likely N-dealkylation sites (tertiary alicyclic amines) is 1. The predicted octanol–water partition coefficient (Wildman–Crippen LogP) is 1.36. The highest BCUT2D eigenvalue weighted by molar-refractivity contribution is 5.80. The van der Waals surface area contributed by atoms with Crippen LogP contribution in [0.1, 0.15) is 32.2 Å². The summed E-state index contributed by atoms with van der Waals surface area (Å²) in [7, 11) is 0. The summed E-state index contributed by atoms with van der Waals surface area (Å²) in [5.41, 5.74) is -0.0895. The summed E-state index contributed by atoms with van der Waals surface area (Å²) in [5, 5.41) is 14.4. The number of amides is 1. The van der Waals surface area contributed by atoms with Gasteiger partial charge < -0.3 is 4.90 Å². The molecule has 1 amide bonds. The molecule has 2 heterocycles. The molecular weight excluding hydrogens is 236 g/mol. The Hall–Kier alpha value is -1.92. The highest BCUT2D eigenvalue weighted by atomic mass is 16.6. The van der Waals surface area contributed by atoms with Crippen LogP contribution < -0.4 is 0 Å². The molecule has 0 saturated carbocycles. The van der Waals surface area contributed by atoms with Crippen molar-refractivity contribution < 1.29 is 9.72 Å². The lowest BCUT2D eigenvalue weighted by Gasteiger charge is -2.29. The summed E-state index contributed by atoms with van der Waals surface area (Å²) in [6, 6.07) is -0.489. The summed E-state index contributed by atoms with van der Waals surface area (Å²) in [6.45, 7) is 3.26. The Kier molecular flexibility index (Phi) is 3.59. The molecule has 1 atom stereocenters. The number of piperidine rings is 1. The number of aromatic nitrogens is 2. The van der Waals surface area contributed by atoms with E-state index in [0.29, 0.717) is 0 Å². The number of nitro groups is 1. The van der Waals surface area contributed by atoms with Gasteiger partial charge in [-0.25, -0.2) is 0 Å². The summed E-state index contributed by atoms with van der Waals surface area (Å²) in [5.74, 6) is -0.0207. The Balaban J connectivity index is 2.06. The second-order valence-electron chi connectivity index (χ2n) is 4.50. The van der Waals surface area contributed by atoms with Crippen LogP contribution in [0, 0.1) is 10.1 Å². The maximum atomic E-state index is 12.2. The molecule has 98 valence electrons. The lowest BCUT2D eigenvalue weighted by Crippen LogP contribution is -2.39. The minimum Gasteiger partial charge on any atom is -0.341 e. The summed E-state index contributed by atoms with van der Waals surface area (Å²) >= 11 is 0. The standard InChI is InChI=1S/C11H16N4O3/c1-9(11(16)13-5-3-2-4-6-13)14-8-10(7-12-14)15(17)18/h7-9H,2-6H2,1H3/t9-/m0/s1. The Morgan fingerprint density at radius 2 is 2.11 bits per heavy atom. The zero-order chi connectivity index (χ0) is 13.1. The lowest BCUT2D eigenvalue weighted by molar-refractivity contribution is -0.385. The SMILES string of the molecule is C[C@@H](C(=O)N1CCCCC1)n1cc([N+](=O)[O-])cn1. The molecule has 0 aliphatic carbocycles. The number of nitrogens with zero attached hydrogens (tertiary/aromatic N) is 4. The lowest BCUT2D eigenvalue weighted by atomic mass is 10.1. The molecule has 1 aromatic rings. The van der Waals surface area contributed by atoms with E-state index in [1.165, 1.54) is 17.1 Å². The van der Waals surface area contributed by atoms with E-state index in [4.69, 9.17) is 0 Å². The van der Waals surface area contributed by atoms with E-state index < -0.39 is 11.0 Å². The van der Waals surface area contributed by atoms with Crippen LogP contribution in [-0.4, -0.2) is 38.6 Å². The van der Waals surface area contributed by atoms with Gasteiger partial charge in [-0.3, -0.25) is 19.6 Å². The number of hydrogen-bond donors (Lipinski definition) is 0. The zero-order valence-corrected chi connectivity index (χ0v) is 10.3. The van der Waals surface area contributed by atoms with Crippen molar-refractivity contribution in [3.05, 3.63) is 22.5 Å². The molecule has 2 rings (SSSR count). The van der Waals surface area contributed by atoms with Gasteiger partial charge >= 0.3 is 5.69 Å². The van der Waals surface area contributed by atoms with Gasteiger partial charge in [-0.1, -0.05) is 0 Å². The highest BCUT2D eigenvalue weighted by Crippen LogP contribution is 2.17. The van der Waals surface area contributed by atoms with E-state index in [1.54, 1.807) is 6.92 Å². The summed E-state index contributed by atoms with van der Waals surface area (Å²) in [6.07, 6.45) is 5.67. The predicted molar refractivity (Wildman–Crippen MR) is 64.0 cm³/mol. The first-order valence-electron chi connectivity index (χ1n) is 6.07. The van der Waals surface area contributed by atoms with Crippen LogP contribution >= 0.6 is 0 Å². The average Bonchev–Trinajstić information content (AvgIpc) is 2.88. The Labute approximate surface area is 105 Å². The normalized spacial score (nSPS) is 17.5. The summed E-state index contributed by atoms with van der Waals surface area (Å²) in [4.78, 5) is 24.0.